The summed E-state index contributed by atoms with van der Waals surface area (Å²) in [6.07, 6.45) is 5.15. The summed E-state index contributed by atoms with van der Waals surface area (Å²) in [7, 11) is 0. The van der Waals surface area contributed by atoms with Gasteiger partial charge in [-0.1, -0.05) is 75.4 Å². The lowest BCUT2D eigenvalue weighted by Gasteiger charge is -2.32. The summed E-state index contributed by atoms with van der Waals surface area (Å²) in [5.74, 6) is 3.23. The highest BCUT2D eigenvalue weighted by Crippen LogP contribution is 2.30. The first-order valence-corrected chi connectivity index (χ1v) is 13.2. The van der Waals surface area contributed by atoms with Crippen molar-refractivity contribution in [1.82, 2.24) is 4.90 Å². The van der Waals surface area contributed by atoms with Gasteiger partial charge in [-0.05, 0) is 90.4 Å². The molecule has 1 aliphatic rings. The lowest BCUT2D eigenvalue weighted by atomic mass is 9.81. The molecule has 0 heterocycles. The topological polar surface area (TPSA) is 38.5 Å². The minimum Gasteiger partial charge on any atom is -0.457 e. The second kappa shape index (κ2) is 11.9. The molecule has 0 spiro atoms. The van der Waals surface area contributed by atoms with Crippen molar-refractivity contribution in [3.63, 3.8) is 0 Å². The standard InChI is InChI=1S/C32H42N2O/c1-32(2,3)29-17-13-27(14-18-29)23-34(22-26-11-9-25(21-33)10-12-26)24-28-15-19-31(20-16-28)35-30-7-5-4-6-8-30/h4-8,13-20,25-26H,9-12,21-24,33H2,1-3H3. The quantitative estimate of drug-likeness (QED) is 0.351. The van der Waals surface area contributed by atoms with Crippen LogP contribution in [0.4, 0.5) is 0 Å². The van der Waals surface area contributed by atoms with Gasteiger partial charge in [0.25, 0.3) is 0 Å². The van der Waals surface area contributed by atoms with E-state index in [0.29, 0.717) is 0 Å². The van der Waals surface area contributed by atoms with E-state index in [1.807, 2.05) is 30.3 Å². The van der Waals surface area contributed by atoms with Crippen LogP contribution < -0.4 is 10.5 Å². The minimum absolute atomic E-state index is 0.184. The molecule has 0 aliphatic heterocycles. The van der Waals surface area contributed by atoms with Crippen molar-refractivity contribution in [2.45, 2.75) is 65.0 Å². The zero-order valence-electron chi connectivity index (χ0n) is 21.7. The van der Waals surface area contributed by atoms with E-state index in [0.717, 1.165) is 49.5 Å². The summed E-state index contributed by atoms with van der Waals surface area (Å²) >= 11 is 0. The molecule has 3 aromatic carbocycles. The first-order chi connectivity index (χ1) is 16.9. The van der Waals surface area contributed by atoms with E-state index < -0.39 is 0 Å². The highest BCUT2D eigenvalue weighted by Gasteiger charge is 2.23. The fraction of sp³-hybridized carbons (Fsp3) is 0.438. The highest BCUT2D eigenvalue weighted by molar-refractivity contribution is 5.33. The Kier molecular flexibility index (Phi) is 8.64. The molecule has 1 fully saturated rings. The summed E-state index contributed by atoms with van der Waals surface area (Å²) in [5, 5.41) is 0. The Labute approximate surface area is 212 Å². The second-order valence-electron chi connectivity index (χ2n) is 11.3. The van der Waals surface area contributed by atoms with Crippen molar-refractivity contribution < 1.29 is 4.74 Å². The van der Waals surface area contributed by atoms with Gasteiger partial charge in [-0.3, -0.25) is 4.90 Å². The first-order valence-electron chi connectivity index (χ1n) is 13.2. The van der Waals surface area contributed by atoms with Crippen LogP contribution in [0.25, 0.3) is 0 Å². The largest absolute Gasteiger partial charge is 0.457 e. The molecule has 1 aliphatic carbocycles. The van der Waals surface area contributed by atoms with Crippen LogP contribution >= 0.6 is 0 Å². The average Bonchev–Trinajstić information content (AvgIpc) is 2.86. The summed E-state index contributed by atoms with van der Waals surface area (Å²) in [5.41, 5.74) is 10.2. The third-order valence-electron chi connectivity index (χ3n) is 7.35. The maximum Gasteiger partial charge on any atom is 0.127 e. The number of nitrogens with two attached hydrogens (primary N) is 1. The number of para-hydroxylation sites is 1. The molecule has 0 atom stereocenters. The molecule has 4 rings (SSSR count). The third-order valence-corrected chi connectivity index (χ3v) is 7.35. The fourth-order valence-electron chi connectivity index (χ4n) is 5.11. The van der Waals surface area contributed by atoms with Gasteiger partial charge < -0.3 is 10.5 Å². The Morgan fingerprint density at radius 3 is 1.77 bits per heavy atom. The molecule has 0 aromatic heterocycles. The van der Waals surface area contributed by atoms with Gasteiger partial charge in [-0.25, -0.2) is 0 Å². The van der Waals surface area contributed by atoms with Crippen LogP contribution in [0.5, 0.6) is 11.5 Å². The number of hydrogen-bond donors (Lipinski definition) is 1. The molecule has 186 valence electrons. The normalized spacial score (nSPS) is 18.5. The molecule has 3 heteroatoms. The molecule has 1 saturated carbocycles. The Morgan fingerprint density at radius 1 is 0.714 bits per heavy atom. The third kappa shape index (κ3) is 7.68. The van der Waals surface area contributed by atoms with Crippen molar-refractivity contribution in [3.05, 3.63) is 95.6 Å². The van der Waals surface area contributed by atoms with E-state index >= 15 is 0 Å². The summed E-state index contributed by atoms with van der Waals surface area (Å²) in [6.45, 7) is 10.7. The molecule has 0 amide bonds. The number of ether oxygens (including phenoxy) is 1. The van der Waals surface area contributed by atoms with Gasteiger partial charge in [0.15, 0.2) is 0 Å². The van der Waals surface area contributed by atoms with E-state index in [1.54, 1.807) is 0 Å². The minimum atomic E-state index is 0.184. The molecule has 2 N–H and O–H groups in total. The molecule has 3 nitrogen and oxygen atoms in total. The maximum atomic E-state index is 5.99. The van der Waals surface area contributed by atoms with Crippen LogP contribution in [0.1, 0.15) is 63.1 Å². The van der Waals surface area contributed by atoms with E-state index in [4.69, 9.17) is 10.5 Å². The summed E-state index contributed by atoms with van der Waals surface area (Å²) in [6, 6.07) is 27.8. The molecular weight excluding hydrogens is 428 g/mol. The van der Waals surface area contributed by atoms with Crippen LogP contribution in [0, 0.1) is 11.8 Å². The maximum absolute atomic E-state index is 5.99. The van der Waals surface area contributed by atoms with E-state index in [-0.39, 0.29) is 5.41 Å². The first kappa shape index (κ1) is 25.5. The molecule has 0 radical (unpaired) electrons. The van der Waals surface area contributed by atoms with E-state index in [1.165, 1.54) is 42.4 Å². The summed E-state index contributed by atoms with van der Waals surface area (Å²) < 4.78 is 5.99. The Morgan fingerprint density at radius 2 is 1.23 bits per heavy atom. The lowest BCUT2D eigenvalue weighted by molar-refractivity contribution is 0.170. The van der Waals surface area contributed by atoms with Gasteiger partial charge >= 0.3 is 0 Å². The average molecular weight is 471 g/mol. The van der Waals surface area contributed by atoms with Gasteiger partial charge in [-0.2, -0.15) is 0 Å². The molecular formula is C32H42N2O. The fourth-order valence-corrected chi connectivity index (χ4v) is 5.11. The SMILES string of the molecule is CC(C)(C)c1ccc(CN(Cc2ccc(Oc3ccccc3)cc2)CC2CCC(CN)CC2)cc1. The molecule has 3 aromatic rings. The van der Waals surface area contributed by atoms with Gasteiger partial charge in [-0.15, -0.1) is 0 Å². The van der Waals surface area contributed by atoms with Gasteiger partial charge in [0, 0.05) is 19.6 Å². The van der Waals surface area contributed by atoms with E-state index in [9.17, 15) is 0 Å². The Bertz CT molecular complexity index is 1010. The second-order valence-corrected chi connectivity index (χ2v) is 11.3. The predicted octanol–water partition coefficient (Wildman–Crippen LogP) is 7.54. The van der Waals surface area contributed by atoms with E-state index in [2.05, 4.69) is 74.2 Å². The predicted molar refractivity (Wildman–Crippen MR) is 147 cm³/mol. The van der Waals surface area contributed by atoms with Crippen LogP contribution in [0.2, 0.25) is 0 Å². The number of benzene rings is 3. The van der Waals surface area contributed by atoms with Crippen molar-refractivity contribution in [2.24, 2.45) is 17.6 Å². The van der Waals surface area contributed by atoms with Gasteiger partial charge in [0.2, 0.25) is 0 Å². The van der Waals surface area contributed by atoms with Crippen LogP contribution in [-0.2, 0) is 18.5 Å². The molecule has 35 heavy (non-hydrogen) atoms. The Hall–Kier alpha value is -2.62. The summed E-state index contributed by atoms with van der Waals surface area (Å²) in [4.78, 5) is 2.63. The van der Waals surface area contributed by atoms with Crippen molar-refractivity contribution in [2.75, 3.05) is 13.1 Å². The number of hydrogen-bond acceptors (Lipinski definition) is 3. The lowest BCUT2D eigenvalue weighted by Crippen LogP contribution is -2.32. The van der Waals surface area contributed by atoms with Crippen molar-refractivity contribution >= 4 is 0 Å². The monoisotopic (exact) mass is 470 g/mol. The number of rotatable bonds is 9. The smallest absolute Gasteiger partial charge is 0.127 e. The van der Waals surface area contributed by atoms with Gasteiger partial charge in [0.1, 0.15) is 11.5 Å². The van der Waals surface area contributed by atoms with Crippen LogP contribution in [-0.4, -0.2) is 18.0 Å². The van der Waals surface area contributed by atoms with Crippen molar-refractivity contribution in [1.29, 1.82) is 0 Å². The highest BCUT2D eigenvalue weighted by atomic mass is 16.5. The zero-order chi connectivity index (χ0) is 24.7. The molecule has 0 saturated heterocycles. The zero-order valence-corrected chi connectivity index (χ0v) is 21.7. The number of nitrogens with zero attached hydrogens (tertiary/aromatic N) is 1. The van der Waals surface area contributed by atoms with Crippen LogP contribution in [0.3, 0.4) is 0 Å². The molecule has 0 unspecified atom stereocenters. The van der Waals surface area contributed by atoms with Gasteiger partial charge in [0.05, 0.1) is 0 Å². The van der Waals surface area contributed by atoms with Crippen LogP contribution in [0.15, 0.2) is 78.9 Å². The Balaban J connectivity index is 1.43. The van der Waals surface area contributed by atoms with Crippen molar-refractivity contribution in [3.8, 4) is 11.5 Å². The molecule has 0 bridgehead atoms.